The van der Waals surface area contributed by atoms with Crippen LogP contribution in [0.4, 0.5) is 4.39 Å². The summed E-state index contributed by atoms with van der Waals surface area (Å²) in [6, 6.07) is 6.66. The highest BCUT2D eigenvalue weighted by molar-refractivity contribution is 7.99. The number of benzene rings is 1. The van der Waals surface area contributed by atoms with Crippen molar-refractivity contribution >= 4 is 17.7 Å². The van der Waals surface area contributed by atoms with E-state index >= 15 is 0 Å². The molecule has 0 radical (unpaired) electrons. The molecule has 0 aliphatic carbocycles. The smallest absolute Gasteiger partial charge is 0.190 e. The molecule has 1 aromatic carbocycles. The van der Waals surface area contributed by atoms with Crippen LogP contribution in [0.25, 0.3) is 0 Å². The Morgan fingerprint density at radius 3 is 2.69 bits per heavy atom. The molecule has 5 nitrogen and oxygen atoms in total. The van der Waals surface area contributed by atoms with Gasteiger partial charge in [0.25, 0.3) is 0 Å². The molecule has 26 heavy (non-hydrogen) atoms. The van der Waals surface area contributed by atoms with Crippen LogP contribution in [0.2, 0.25) is 0 Å². The van der Waals surface area contributed by atoms with Gasteiger partial charge in [0, 0.05) is 44.7 Å². The Kier molecular flexibility index (Phi) is 9.81. The molecule has 1 fully saturated rings. The molecule has 1 aromatic rings. The van der Waals surface area contributed by atoms with Gasteiger partial charge in [-0.05, 0) is 42.4 Å². The van der Waals surface area contributed by atoms with E-state index in [1.54, 1.807) is 18.8 Å². The predicted molar refractivity (Wildman–Crippen MR) is 108 cm³/mol. The maximum absolute atomic E-state index is 12.9. The summed E-state index contributed by atoms with van der Waals surface area (Å²) in [4.78, 5) is 7.84. The third kappa shape index (κ3) is 8.38. The second kappa shape index (κ2) is 12.1. The van der Waals surface area contributed by atoms with Crippen molar-refractivity contribution < 1.29 is 9.13 Å². The standard InChI is InChI=1S/C19H31FN4OS/c1-16(15-24-9-11-25-12-10-24)14-23-19(21-2)22-8-3-13-26-18-6-4-17(20)5-7-18/h4-7,16H,3,8-15H2,1-2H3,(H2,21,22,23). The van der Waals surface area contributed by atoms with Crippen molar-refractivity contribution in [2.24, 2.45) is 10.9 Å². The molecule has 0 aromatic heterocycles. The van der Waals surface area contributed by atoms with E-state index in [4.69, 9.17) is 4.74 Å². The molecular formula is C19H31FN4OS. The zero-order valence-electron chi connectivity index (χ0n) is 15.8. The number of hydrogen-bond donors (Lipinski definition) is 2. The topological polar surface area (TPSA) is 48.9 Å². The van der Waals surface area contributed by atoms with E-state index < -0.39 is 0 Å². The van der Waals surface area contributed by atoms with Crippen molar-refractivity contribution in [3.63, 3.8) is 0 Å². The number of thioether (sulfide) groups is 1. The van der Waals surface area contributed by atoms with Crippen LogP contribution in [0.15, 0.2) is 34.2 Å². The number of nitrogens with zero attached hydrogens (tertiary/aromatic N) is 2. The fourth-order valence-corrected chi connectivity index (χ4v) is 3.63. The lowest BCUT2D eigenvalue weighted by molar-refractivity contribution is 0.0320. The van der Waals surface area contributed by atoms with Gasteiger partial charge in [0.2, 0.25) is 0 Å². The fraction of sp³-hybridized carbons (Fsp3) is 0.632. The van der Waals surface area contributed by atoms with Crippen LogP contribution in [-0.4, -0.2) is 69.6 Å². The number of nitrogens with one attached hydrogen (secondary N) is 2. The van der Waals surface area contributed by atoms with Gasteiger partial charge < -0.3 is 15.4 Å². The zero-order valence-corrected chi connectivity index (χ0v) is 16.7. The van der Waals surface area contributed by atoms with Gasteiger partial charge in [-0.2, -0.15) is 0 Å². The van der Waals surface area contributed by atoms with Crippen molar-refractivity contribution in [3.05, 3.63) is 30.1 Å². The van der Waals surface area contributed by atoms with Crippen molar-refractivity contribution in [2.75, 3.05) is 58.7 Å². The number of ether oxygens (including phenoxy) is 1. The van der Waals surface area contributed by atoms with E-state index in [1.165, 1.54) is 12.1 Å². The lowest BCUT2D eigenvalue weighted by atomic mass is 10.1. The molecule has 146 valence electrons. The summed E-state index contributed by atoms with van der Waals surface area (Å²) in [5.74, 6) is 2.21. The summed E-state index contributed by atoms with van der Waals surface area (Å²) >= 11 is 1.74. The molecule has 1 aliphatic heterocycles. The number of hydrogen-bond acceptors (Lipinski definition) is 4. The molecule has 1 atom stereocenters. The Labute approximate surface area is 160 Å². The number of rotatable bonds is 9. The average Bonchev–Trinajstić information content (AvgIpc) is 2.66. The Balaban J connectivity index is 1.54. The molecular weight excluding hydrogens is 351 g/mol. The second-order valence-corrected chi connectivity index (χ2v) is 7.72. The van der Waals surface area contributed by atoms with Crippen molar-refractivity contribution in [2.45, 2.75) is 18.2 Å². The van der Waals surface area contributed by atoms with Gasteiger partial charge in [0.05, 0.1) is 13.2 Å². The summed E-state index contributed by atoms with van der Waals surface area (Å²) in [7, 11) is 1.80. The largest absolute Gasteiger partial charge is 0.379 e. The van der Waals surface area contributed by atoms with Gasteiger partial charge in [-0.3, -0.25) is 9.89 Å². The van der Waals surface area contributed by atoms with Crippen LogP contribution in [0.3, 0.4) is 0 Å². The van der Waals surface area contributed by atoms with Crippen molar-refractivity contribution in [1.82, 2.24) is 15.5 Å². The molecule has 1 aliphatic rings. The first-order valence-electron chi connectivity index (χ1n) is 9.30. The Morgan fingerprint density at radius 1 is 1.27 bits per heavy atom. The van der Waals surface area contributed by atoms with Crippen LogP contribution in [-0.2, 0) is 4.74 Å². The minimum absolute atomic E-state index is 0.186. The highest BCUT2D eigenvalue weighted by Crippen LogP contribution is 2.18. The second-order valence-electron chi connectivity index (χ2n) is 6.55. The van der Waals surface area contributed by atoms with Gasteiger partial charge in [0.15, 0.2) is 5.96 Å². The molecule has 0 spiro atoms. The van der Waals surface area contributed by atoms with Crippen LogP contribution < -0.4 is 10.6 Å². The van der Waals surface area contributed by atoms with Crippen LogP contribution in [0, 0.1) is 11.7 Å². The molecule has 0 saturated carbocycles. The number of morpholine rings is 1. The number of aliphatic imine (C=N–C) groups is 1. The normalized spacial score (nSPS) is 17.1. The Hall–Kier alpha value is -1.31. The number of halogens is 1. The van der Waals surface area contributed by atoms with Crippen LogP contribution >= 0.6 is 11.8 Å². The van der Waals surface area contributed by atoms with E-state index in [9.17, 15) is 4.39 Å². The summed E-state index contributed by atoms with van der Waals surface area (Å²) in [5.41, 5.74) is 0. The minimum atomic E-state index is -0.186. The molecule has 0 amide bonds. The Morgan fingerprint density at radius 2 is 2.00 bits per heavy atom. The average molecular weight is 383 g/mol. The van der Waals surface area contributed by atoms with E-state index in [0.717, 1.165) is 69.0 Å². The summed E-state index contributed by atoms with van der Waals surface area (Å²) < 4.78 is 18.3. The predicted octanol–water partition coefficient (Wildman–Crippen LogP) is 2.44. The minimum Gasteiger partial charge on any atom is -0.379 e. The van der Waals surface area contributed by atoms with Gasteiger partial charge in [-0.15, -0.1) is 11.8 Å². The lowest BCUT2D eigenvalue weighted by Crippen LogP contribution is -2.44. The SMILES string of the molecule is CN=C(NCCCSc1ccc(F)cc1)NCC(C)CN1CCOCC1. The molecule has 7 heteroatoms. The summed E-state index contributed by atoms with van der Waals surface area (Å²) in [6.07, 6.45) is 1.02. The zero-order chi connectivity index (χ0) is 18.6. The maximum Gasteiger partial charge on any atom is 0.190 e. The summed E-state index contributed by atoms with van der Waals surface area (Å²) in [6.45, 7) is 8.87. The molecule has 2 N–H and O–H groups in total. The first kappa shape index (κ1) is 21.0. The number of guanidine groups is 1. The molecule has 1 unspecified atom stereocenters. The van der Waals surface area contributed by atoms with E-state index in [1.807, 2.05) is 12.1 Å². The van der Waals surface area contributed by atoms with Gasteiger partial charge in [-0.25, -0.2) is 4.39 Å². The van der Waals surface area contributed by atoms with Crippen LogP contribution in [0.1, 0.15) is 13.3 Å². The lowest BCUT2D eigenvalue weighted by Gasteiger charge is -2.29. The molecule has 0 bridgehead atoms. The van der Waals surface area contributed by atoms with E-state index in [0.29, 0.717) is 5.92 Å². The highest BCUT2D eigenvalue weighted by atomic mass is 32.2. The van der Waals surface area contributed by atoms with E-state index in [2.05, 4.69) is 27.4 Å². The van der Waals surface area contributed by atoms with Gasteiger partial charge in [0.1, 0.15) is 5.82 Å². The van der Waals surface area contributed by atoms with Crippen molar-refractivity contribution in [3.8, 4) is 0 Å². The quantitative estimate of drug-likeness (QED) is 0.297. The van der Waals surface area contributed by atoms with Crippen molar-refractivity contribution in [1.29, 1.82) is 0 Å². The summed E-state index contributed by atoms with van der Waals surface area (Å²) in [5, 5.41) is 6.76. The third-order valence-electron chi connectivity index (χ3n) is 4.21. The molecule has 2 rings (SSSR count). The van der Waals surface area contributed by atoms with Gasteiger partial charge in [-0.1, -0.05) is 6.92 Å². The van der Waals surface area contributed by atoms with E-state index in [-0.39, 0.29) is 5.82 Å². The van der Waals surface area contributed by atoms with Gasteiger partial charge >= 0.3 is 0 Å². The third-order valence-corrected chi connectivity index (χ3v) is 5.31. The maximum atomic E-state index is 12.9. The Bertz CT molecular complexity index is 535. The first-order chi connectivity index (χ1) is 12.7. The molecule has 1 saturated heterocycles. The molecule has 1 heterocycles. The fourth-order valence-electron chi connectivity index (χ4n) is 2.78. The highest BCUT2D eigenvalue weighted by Gasteiger charge is 2.13. The monoisotopic (exact) mass is 382 g/mol. The van der Waals surface area contributed by atoms with Crippen LogP contribution in [0.5, 0.6) is 0 Å². The first-order valence-corrected chi connectivity index (χ1v) is 10.3.